The van der Waals surface area contributed by atoms with Crippen molar-refractivity contribution in [1.82, 2.24) is 15.2 Å². The van der Waals surface area contributed by atoms with Gasteiger partial charge in [-0.05, 0) is 25.5 Å². The third kappa shape index (κ3) is 5.88. The molecule has 0 aliphatic carbocycles. The summed E-state index contributed by atoms with van der Waals surface area (Å²) in [5.74, 6) is 0.552. The number of halogens is 3. The van der Waals surface area contributed by atoms with Crippen LogP contribution in [0.3, 0.4) is 0 Å². The van der Waals surface area contributed by atoms with Gasteiger partial charge in [0.05, 0.1) is 12.1 Å². The van der Waals surface area contributed by atoms with Crippen LogP contribution in [0.15, 0.2) is 18.3 Å². The molecule has 0 radical (unpaired) electrons. The van der Waals surface area contributed by atoms with Crippen molar-refractivity contribution in [3.63, 3.8) is 0 Å². The summed E-state index contributed by atoms with van der Waals surface area (Å²) in [4.78, 5) is 19.9. The van der Waals surface area contributed by atoms with Crippen molar-refractivity contribution in [3.05, 3.63) is 23.9 Å². The first-order chi connectivity index (χ1) is 11.8. The van der Waals surface area contributed by atoms with Gasteiger partial charge in [-0.1, -0.05) is 13.3 Å². The molecule has 1 saturated heterocycles. The number of aromatic nitrogens is 1. The summed E-state index contributed by atoms with van der Waals surface area (Å²) < 4.78 is 37.7. The van der Waals surface area contributed by atoms with Crippen LogP contribution < -0.4 is 10.2 Å². The molecule has 1 aromatic rings. The Hall–Kier alpha value is -1.83. The average Bonchev–Trinajstić information content (AvgIpc) is 2.55. The molecule has 0 saturated carbocycles. The van der Waals surface area contributed by atoms with Crippen LogP contribution in [0.25, 0.3) is 0 Å². The maximum absolute atomic E-state index is 12.6. The van der Waals surface area contributed by atoms with Crippen molar-refractivity contribution in [2.75, 3.05) is 37.6 Å². The number of rotatable bonds is 6. The van der Waals surface area contributed by atoms with Gasteiger partial charge in [-0.15, -0.1) is 0 Å². The van der Waals surface area contributed by atoms with Crippen molar-refractivity contribution in [3.8, 4) is 0 Å². The van der Waals surface area contributed by atoms with E-state index in [9.17, 15) is 18.0 Å². The van der Waals surface area contributed by atoms with E-state index in [0.29, 0.717) is 38.5 Å². The number of carbonyl (C=O) groups excluding carboxylic acids is 1. The predicted octanol–water partition coefficient (Wildman–Crippen LogP) is 2.53. The second-order valence-electron chi connectivity index (χ2n) is 6.42. The molecular weight excluding hydrogens is 333 g/mol. The highest BCUT2D eigenvalue weighted by atomic mass is 19.4. The Morgan fingerprint density at radius 1 is 1.28 bits per heavy atom. The standard InChI is InChI=1S/C17H25F3N4O/c1-3-4-13(2)22-16(25)12-23-7-9-24(10-8-23)15-6-5-14(11-21-15)17(18,19)20/h5-6,11,13H,3-4,7-10,12H2,1-2H3,(H,22,25)/t13-/m1/s1. The maximum atomic E-state index is 12.6. The number of nitrogens with zero attached hydrogens (tertiary/aromatic N) is 3. The molecule has 1 atom stereocenters. The molecular formula is C17H25F3N4O. The highest BCUT2D eigenvalue weighted by molar-refractivity contribution is 5.78. The lowest BCUT2D eigenvalue weighted by Crippen LogP contribution is -2.50. The van der Waals surface area contributed by atoms with Crippen molar-refractivity contribution >= 4 is 11.7 Å². The van der Waals surface area contributed by atoms with Crippen LogP contribution in [0.4, 0.5) is 19.0 Å². The normalized spacial score (nSPS) is 17.4. The smallest absolute Gasteiger partial charge is 0.354 e. The monoisotopic (exact) mass is 358 g/mol. The minimum absolute atomic E-state index is 0.0158. The maximum Gasteiger partial charge on any atom is 0.417 e. The van der Waals surface area contributed by atoms with Gasteiger partial charge >= 0.3 is 6.18 Å². The lowest BCUT2D eigenvalue weighted by atomic mass is 10.2. The third-order valence-electron chi connectivity index (χ3n) is 4.27. The summed E-state index contributed by atoms with van der Waals surface area (Å²) >= 11 is 0. The number of anilines is 1. The Morgan fingerprint density at radius 3 is 2.48 bits per heavy atom. The van der Waals surface area contributed by atoms with E-state index in [0.717, 1.165) is 25.1 Å². The number of alkyl halides is 3. The first-order valence-corrected chi connectivity index (χ1v) is 8.59. The van der Waals surface area contributed by atoms with Crippen molar-refractivity contribution in [1.29, 1.82) is 0 Å². The second kappa shape index (κ2) is 8.51. The van der Waals surface area contributed by atoms with Gasteiger partial charge < -0.3 is 10.2 Å². The van der Waals surface area contributed by atoms with Crippen LogP contribution in [0.2, 0.25) is 0 Å². The summed E-state index contributed by atoms with van der Waals surface area (Å²) in [5, 5.41) is 2.98. The van der Waals surface area contributed by atoms with E-state index in [1.54, 1.807) is 0 Å². The summed E-state index contributed by atoms with van der Waals surface area (Å²) in [7, 11) is 0. The van der Waals surface area contributed by atoms with Gasteiger partial charge in [-0.2, -0.15) is 13.2 Å². The van der Waals surface area contributed by atoms with Gasteiger partial charge in [-0.3, -0.25) is 9.69 Å². The number of pyridine rings is 1. The quantitative estimate of drug-likeness (QED) is 0.849. The number of piperazine rings is 1. The van der Waals surface area contributed by atoms with E-state index in [4.69, 9.17) is 0 Å². The van der Waals surface area contributed by atoms with Crippen molar-refractivity contribution < 1.29 is 18.0 Å². The van der Waals surface area contributed by atoms with Gasteiger partial charge in [0.15, 0.2) is 0 Å². The number of amides is 1. The van der Waals surface area contributed by atoms with E-state index >= 15 is 0 Å². The average molecular weight is 358 g/mol. The van der Waals surface area contributed by atoms with Crippen LogP contribution in [-0.2, 0) is 11.0 Å². The first kappa shape index (κ1) is 19.5. The summed E-state index contributed by atoms with van der Waals surface area (Å²) in [6.07, 6.45) is -1.52. The molecule has 1 amide bonds. The van der Waals surface area contributed by atoms with Crippen molar-refractivity contribution in [2.45, 2.75) is 38.9 Å². The molecule has 1 aromatic heterocycles. The number of nitrogens with one attached hydrogen (secondary N) is 1. The molecule has 0 spiro atoms. The second-order valence-corrected chi connectivity index (χ2v) is 6.42. The zero-order chi connectivity index (χ0) is 18.4. The molecule has 25 heavy (non-hydrogen) atoms. The first-order valence-electron chi connectivity index (χ1n) is 8.59. The molecule has 1 aliphatic heterocycles. The third-order valence-corrected chi connectivity index (χ3v) is 4.27. The summed E-state index contributed by atoms with van der Waals surface area (Å²) in [6.45, 7) is 7.05. The van der Waals surface area contributed by atoms with Gasteiger partial charge in [-0.25, -0.2) is 4.98 Å². The molecule has 1 aliphatic rings. The van der Waals surface area contributed by atoms with E-state index in [1.165, 1.54) is 6.07 Å². The minimum atomic E-state index is -4.37. The molecule has 0 aromatic carbocycles. The van der Waals surface area contributed by atoms with Crippen LogP contribution in [0.5, 0.6) is 0 Å². The molecule has 0 bridgehead atoms. The molecule has 0 unspecified atom stereocenters. The Labute approximate surface area is 146 Å². The van der Waals surface area contributed by atoms with Crippen LogP contribution in [0.1, 0.15) is 32.3 Å². The van der Waals surface area contributed by atoms with Gasteiger partial charge in [0.2, 0.25) is 5.91 Å². The zero-order valence-corrected chi connectivity index (χ0v) is 14.6. The Kier molecular flexibility index (Phi) is 6.64. The molecule has 5 nitrogen and oxygen atoms in total. The number of carbonyl (C=O) groups is 1. The highest BCUT2D eigenvalue weighted by Gasteiger charge is 2.31. The molecule has 140 valence electrons. The SMILES string of the molecule is CCC[C@@H](C)NC(=O)CN1CCN(c2ccc(C(F)(F)F)cn2)CC1. The lowest BCUT2D eigenvalue weighted by Gasteiger charge is -2.35. The molecule has 2 rings (SSSR count). The van der Waals surface area contributed by atoms with Crippen LogP contribution in [0, 0.1) is 0 Å². The molecule has 8 heteroatoms. The minimum Gasteiger partial charge on any atom is -0.354 e. The fourth-order valence-electron chi connectivity index (χ4n) is 2.90. The Balaban J connectivity index is 1.80. The largest absolute Gasteiger partial charge is 0.417 e. The highest BCUT2D eigenvalue weighted by Crippen LogP contribution is 2.29. The van der Waals surface area contributed by atoms with Crippen LogP contribution in [-0.4, -0.2) is 54.6 Å². The predicted molar refractivity (Wildman–Crippen MR) is 90.4 cm³/mol. The Bertz CT molecular complexity index is 554. The number of hydrogen-bond donors (Lipinski definition) is 1. The Morgan fingerprint density at radius 2 is 1.96 bits per heavy atom. The summed E-state index contributed by atoms with van der Waals surface area (Å²) in [5.41, 5.74) is -0.743. The lowest BCUT2D eigenvalue weighted by molar-refractivity contribution is -0.137. The van der Waals surface area contributed by atoms with E-state index < -0.39 is 11.7 Å². The fraction of sp³-hybridized carbons (Fsp3) is 0.647. The molecule has 1 N–H and O–H groups in total. The topological polar surface area (TPSA) is 48.5 Å². The van der Waals surface area contributed by atoms with E-state index in [-0.39, 0.29) is 11.9 Å². The van der Waals surface area contributed by atoms with Gasteiger partial charge in [0, 0.05) is 38.4 Å². The molecule has 1 fully saturated rings. The van der Waals surface area contributed by atoms with Crippen molar-refractivity contribution in [2.24, 2.45) is 0 Å². The van der Waals surface area contributed by atoms with Crippen LogP contribution >= 0.6 is 0 Å². The summed E-state index contributed by atoms with van der Waals surface area (Å²) in [6, 6.07) is 2.63. The van der Waals surface area contributed by atoms with E-state index in [1.807, 2.05) is 11.8 Å². The number of hydrogen-bond acceptors (Lipinski definition) is 4. The van der Waals surface area contributed by atoms with E-state index in [2.05, 4.69) is 22.1 Å². The fourth-order valence-corrected chi connectivity index (χ4v) is 2.90. The van der Waals surface area contributed by atoms with Gasteiger partial charge in [0.1, 0.15) is 5.82 Å². The zero-order valence-electron chi connectivity index (χ0n) is 14.6. The van der Waals surface area contributed by atoms with Gasteiger partial charge in [0.25, 0.3) is 0 Å². The molecule has 2 heterocycles.